The molecule has 0 fully saturated rings. The molecule has 0 saturated heterocycles. The van der Waals surface area contributed by atoms with Crippen LogP contribution in [0.5, 0.6) is 0 Å². The summed E-state index contributed by atoms with van der Waals surface area (Å²) in [4.78, 5) is 41.6. The van der Waals surface area contributed by atoms with E-state index in [4.69, 9.17) is 4.74 Å². The second-order valence-corrected chi connectivity index (χ2v) is 10.1. The Hall–Kier alpha value is -3.09. The molecule has 0 spiro atoms. The van der Waals surface area contributed by atoms with Crippen LogP contribution >= 0.6 is 0 Å². The highest BCUT2D eigenvalue weighted by Crippen LogP contribution is 2.26. The van der Waals surface area contributed by atoms with Crippen molar-refractivity contribution in [3.05, 3.63) is 54.6 Å². The van der Waals surface area contributed by atoms with Gasteiger partial charge in [-0.1, -0.05) is 77.0 Å². The fourth-order valence-corrected chi connectivity index (χ4v) is 3.77. The molecule has 3 atom stereocenters. The van der Waals surface area contributed by atoms with Gasteiger partial charge in [-0.15, -0.1) is 6.58 Å². The Kier molecular flexibility index (Phi) is 13.0. The summed E-state index contributed by atoms with van der Waals surface area (Å²) < 4.78 is 5.42. The van der Waals surface area contributed by atoms with E-state index in [1.807, 2.05) is 38.1 Å². The largest absolute Gasteiger partial charge is 0.444 e. The minimum absolute atomic E-state index is 0.132. The van der Waals surface area contributed by atoms with E-state index >= 15 is 0 Å². The van der Waals surface area contributed by atoms with E-state index in [0.29, 0.717) is 18.5 Å². The maximum atomic E-state index is 14.0. The molecule has 1 aromatic carbocycles. The van der Waals surface area contributed by atoms with Gasteiger partial charge in [0.25, 0.3) is 0 Å². The van der Waals surface area contributed by atoms with Gasteiger partial charge in [0.1, 0.15) is 17.7 Å². The maximum absolute atomic E-state index is 14.0. The van der Waals surface area contributed by atoms with Crippen molar-refractivity contribution in [3.63, 3.8) is 0 Å². The number of hydrogen-bond acceptors (Lipinski definition) is 4. The molecular weight excluding hydrogens is 454 g/mol. The molecule has 7 nitrogen and oxygen atoms in total. The topological polar surface area (TPSA) is 87.7 Å². The molecule has 1 rings (SSSR count). The van der Waals surface area contributed by atoms with E-state index in [1.54, 1.807) is 32.9 Å². The summed E-state index contributed by atoms with van der Waals surface area (Å²) in [6.45, 7) is 19.5. The van der Waals surface area contributed by atoms with E-state index in [0.717, 1.165) is 24.8 Å². The molecule has 0 saturated carbocycles. The highest BCUT2D eigenvalue weighted by atomic mass is 16.6. The zero-order valence-corrected chi connectivity index (χ0v) is 22.9. The van der Waals surface area contributed by atoms with Crippen molar-refractivity contribution in [1.82, 2.24) is 15.5 Å². The summed E-state index contributed by atoms with van der Waals surface area (Å²) in [5, 5.41) is 5.75. The zero-order valence-electron chi connectivity index (χ0n) is 22.9. The minimum atomic E-state index is -0.899. The summed E-state index contributed by atoms with van der Waals surface area (Å²) in [5.41, 5.74) is 0.795. The van der Waals surface area contributed by atoms with Crippen LogP contribution in [0.1, 0.15) is 84.4 Å². The molecule has 0 bridgehead atoms. The normalized spacial score (nSPS) is 13.6. The lowest BCUT2D eigenvalue weighted by atomic mass is 9.95. The van der Waals surface area contributed by atoms with E-state index in [1.165, 1.54) is 4.90 Å². The van der Waals surface area contributed by atoms with Crippen LogP contribution in [0.2, 0.25) is 0 Å². The molecule has 2 N–H and O–H groups in total. The first kappa shape index (κ1) is 30.9. The predicted molar refractivity (Wildman–Crippen MR) is 146 cm³/mol. The van der Waals surface area contributed by atoms with Crippen LogP contribution in [0.4, 0.5) is 4.79 Å². The Morgan fingerprint density at radius 2 is 1.83 bits per heavy atom. The van der Waals surface area contributed by atoms with E-state index in [-0.39, 0.29) is 24.3 Å². The first-order chi connectivity index (χ1) is 17.0. The van der Waals surface area contributed by atoms with Gasteiger partial charge in [-0.2, -0.15) is 0 Å². The first-order valence-corrected chi connectivity index (χ1v) is 12.9. The van der Waals surface area contributed by atoms with Crippen molar-refractivity contribution in [2.75, 3.05) is 13.1 Å². The number of ether oxygens (including phenoxy) is 1. The lowest BCUT2D eigenvalue weighted by Gasteiger charge is -2.35. The lowest BCUT2D eigenvalue weighted by molar-refractivity contribution is -0.142. The van der Waals surface area contributed by atoms with Crippen LogP contribution in [0.25, 0.3) is 6.08 Å². The van der Waals surface area contributed by atoms with E-state index in [9.17, 15) is 14.4 Å². The number of carbonyl (C=O) groups is 3. The number of unbranched alkanes of at least 4 members (excludes halogenated alkanes) is 2. The molecule has 0 radical (unpaired) electrons. The summed E-state index contributed by atoms with van der Waals surface area (Å²) in [6, 6.07) is 5.63. The Labute approximate surface area is 217 Å². The average Bonchev–Trinajstić information content (AvgIpc) is 2.83. The molecule has 0 aliphatic rings. The minimum Gasteiger partial charge on any atom is -0.444 e. The fraction of sp³-hybridized carbons (Fsp3) is 0.552. The molecule has 1 aromatic rings. The van der Waals surface area contributed by atoms with E-state index in [2.05, 4.69) is 30.7 Å². The lowest BCUT2D eigenvalue weighted by Crippen LogP contribution is -2.55. The van der Waals surface area contributed by atoms with Gasteiger partial charge in [0.15, 0.2) is 0 Å². The molecule has 0 aromatic heterocycles. The first-order valence-electron chi connectivity index (χ1n) is 12.9. The number of alkyl carbamates (subject to hydrolysis) is 1. The highest BCUT2D eigenvalue weighted by molar-refractivity contribution is 5.92. The van der Waals surface area contributed by atoms with Crippen LogP contribution < -0.4 is 10.6 Å². The van der Waals surface area contributed by atoms with Crippen molar-refractivity contribution in [1.29, 1.82) is 0 Å². The smallest absolute Gasteiger partial charge is 0.408 e. The third-order valence-electron chi connectivity index (χ3n) is 5.86. The van der Waals surface area contributed by atoms with Gasteiger partial charge >= 0.3 is 6.09 Å². The quantitative estimate of drug-likeness (QED) is 0.256. The van der Waals surface area contributed by atoms with Crippen LogP contribution in [-0.4, -0.2) is 47.5 Å². The van der Waals surface area contributed by atoms with Gasteiger partial charge in [-0.05, 0) is 50.3 Å². The molecule has 200 valence electrons. The predicted octanol–water partition coefficient (Wildman–Crippen LogP) is 5.63. The zero-order chi connectivity index (χ0) is 27.3. The van der Waals surface area contributed by atoms with Crippen LogP contribution in [0.3, 0.4) is 0 Å². The molecule has 0 heterocycles. The van der Waals surface area contributed by atoms with Crippen molar-refractivity contribution in [2.24, 2.45) is 5.92 Å². The Bertz CT molecular complexity index is 891. The van der Waals surface area contributed by atoms with Gasteiger partial charge in [0.05, 0.1) is 0 Å². The highest BCUT2D eigenvalue weighted by Gasteiger charge is 2.37. The van der Waals surface area contributed by atoms with Gasteiger partial charge in [-0.25, -0.2) is 4.79 Å². The van der Waals surface area contributed by atoms with Gasteiger partial charge < -0.3 is 20.3 Å². The molecule has 7 heteroatoms. The fourth-order valence-electron chi connectivity index (χ4n) is 3.77. The monoisotopic (exact) mass is 499 g/mol. The molecule has 3 amide bonds. The molecule has 3 unspecified atom stereocenters. The van der Waals surface area contributed by atoms with Crippen LogP contribution in [-0.2, 0) is 14.3 Å². The van der Waals surface area contributed by atoms with Crippen molar-refractivity contribution in [3.8, 4) is 0 Å². The Morgan fingerprint density at radius 3 is 2.39 bits per heavy atom. The SMILES string of the molecule is C=CCN(C(=O)C(NC(=O)OC(C)(C)C)C(C)CC)C(C(=O)NCCCCC)c1cccc(C=C)c1. The standard InChI is InChI=1S/C29H45N3O4/c1-9-13-14-18-30-26(33)25(23-17-15-16-22(12-4)20-23)32(19-10-2)27(34)24(21(5)11-3)31-28(35)36-29(6,7)8/h10,12,15-17,20-21,24-25H,2,4,9,11,13-14,18-19H2,1,3,5-8H3,(H,30,33)(H,31,35). The average molecular weight is 500 g/mol. The molecular formula is C29H45N3O4. The second kappa shape index (κ2) is 15.1. The maximum Gasteiger partial charge on any atom is 0.408 e. The van der Waals surface area contributed by atoms with E-state index < -0.39 is 23.8 Å². The Morgan fingerprint density at radius 1 is 1.14 bits per heavy atom. The molecule has 0 aliphatic carbocycles. The number of amides is 3. The molecule has 0 aliphatic heterocycles. The summed E-state index contributed by atoms with van der Waals surface area (Å²) in [7, 11) is 0. The van der Waals surface area contributed by atoms with Crippen LogP contribution in [0, 0.1) is 5.92 Å². The van der Waals surface area contributed by atoms with Crippen molar-refractivity contribution < 1.29 is 19.1 Å². The van der Waals surface area contributed by atoms with Crippen LogP contribution in [0.15, 0.2) is 43.5 Å². The second-order valence-electron chi connectivity index (χ2n) is 10.1. The number of carbonyl (C=O) groups excluding carboxylic acids is 3. The number of benzene rings is 1. The number of hydrogen-bond donors (Lipinski definition) is 2. The Balaban J connectivity index is 3.44. The summed E-state index contributed by atoms with van der Waals surface area (Å²) >= 11 is 0. The van der Waals surface area contributed by atoms with Gasteiger partial charge in [-0.3, -0.25) is 9.59 Å². The summed E-state index contributed by atoms with van der Waals surface area (Å²) in [5.74, 6) is -0.833. The van der Waals surface area contributed by atoms with Crippen molar-refractivity contribution in [2.45, 2.75) is 84.9 Å². The third-order valence-corrected chi connectivity index (χ3v) is 5.86. The molecule has 36 heavy (non-hydrogen) atoms. The summed E-state index contributed by atoms with van der Waals surface area (Å²) in [6.07, 6.45) is 6.16. The van der Waals surface area contributed by atoms with Crippen molar-refractivity contribution >= 4 is 24.0 Å². The number of rotatable bonds is 14. The number of nitrogens with zero attached hydrogens (tertiary/aromatic N) is 1. The van der Waals surface area contributed by atoms with Gasteiger partial charge in [0, 0.05) is 13.1 Å². The van der Waals surface area contributed by atoms with Gasteiger partial charge in [0.2, 0.25) is 11.8 Å². The number of nitrogens with one attached hydrogen (secondary N) is 2. The third kappa shape index (κ3) is 9.88.